The quantitative estimate of drug-likeness (QED) is 0.793. The molecule has 0 atom stereocenters. The van der Waals surface area contributed by atoms with E-state index >= 15 is 0 Å². The summed E-state index contributed by atoms with van der Waals surface area (Å²) in [5, 5.41) is 9.04. The van der Waals surface area contributed by atoms with Crippen LogP contribution in [0, 0.1) is 0 Å². The first-order valence-corrected chi connectivity index (χ1v) is 7.04. The first-order valence-electron chi connectivity index (χ1n) is 5.01. The van der Waals surface area contributed by atoms with Crippen LogP contribution in [0.5, 0.6) is 0 Å². The van der Waals surface area contributed by atoms with Crippen LogP contribution in [0.1, 0.15) is 19.3 Å². The molecule has 0 radical (unpaired) electrons. The van der Waals surface area contributed by atoms with Gasteiger partial charge in [-0.25, -0.2) is 13.4 Å². The Morgan fingerprint density at radius 2 is 2.00 bits per heavy atom. The summed E-state index contributed by atoms with van der Waals surface area (Å²) in [7, 11) is -3.31. The molecule has 0 unspecified atom stereocenters. The average molecular weight is 264 g/mol. The minimum atomic E-state index is -3.31. The molecule has 1 rings (SSSR count). The summed E-state index contributed by atoms with van der Waals surface area (Å²) in [4.78, 5) is 3.78. The normalized spacial score (nSPS) is 11.6. The van der Waals surface area contributed by atoms with E-state index in [2.05, 4.69) is 4.98 Å². The molecule has 0 amide bonds. The highest BCUT2D eigenvalue weighted by atomic mass is 35.5. The number of unbranched alkanes of at least 4 members (excludes halogenated alkanes) is 2. The average Bonchev–Trinajstić information content (AvgIpc) is 2.25. The van der Waals surface area contributed by atoms with Crippen molar-refractivity contribution in [1.29, 1.82) is 0 Å². The van der Waals surface area contributed by atoms with E-state index < -0.39 is 9.84 Å². The van der Waals surface area contributed by atoms with Crippen LogP contribution in [0.4, 0.5) is 0 Å². The van der Waals surface area contributed by atoms with Gasteiger partial charge in [0.25, 0.3) is 0 Å². The van der Waals surface area contributed by atoms with Crippen LogP contribution >= 0.6 is 11.6 Å². The van der Waals surface area contributed by atoms with Gasteiger partial charge in [-0.2, -0.15) is 0 Å². The van der Waals surface area contributed by atoms with Crippen LogP contribution in [0.15, 0.2) is 23.4 Å². The van der Waals surface area contributed by atoms with Crippen molar-refractivity contribution in [2.75, 3.05) is 12.4 Å². The van der Waals surface area contributed by atoms with E-state index in [4.69, 9.17) is 16.7 Å². The van der Waals surface area contributed by atoms with Gasteiger partial charge >= 0.3 is 0 Å². The molecule has 0 aliphatic rings. The summed E-state index contributed by atoms with van der Waals surface area (Å²) < 4.78 is 23.5. The fourth-order valence-corrected chi connectivity index (χ4v) is 2.63. The van der Waals surface area contributed by atoms with Crippen LogP contribution in [0.3, 0.4) is 0 Å². The summed E-state index contributed by atoms with van der Waals surface area (Å²) in [5.74, 6) is 0.0572. The Bertz CT molecular complexity index is 416. The molecule has 1 aromatic rings. The molecule has 16 heavy (non-hydrogen) atoms. The molecule has 1 heterocycles. The lowest BCUT2D eigenvalue weighted by atomic mass is 10.3. The van der Waals surface area contributed by atoms with Gasteiger partial charge < -0.3 is 5.11 Å². The topological polar surface area (TPSA) is 67.3 Å². The summed E-state index contributed by atoms with van der Waals surface area (Å²) in [6, 6.07) is 2.92. The number of hydrogen-bond donors (Lipinski definition) is 1. The van der Waals surface area contributed by atoms with Crippen molar-refractivity contribution in [2.45, 2.75) is 24.3 Å². The van der Waals surface area contributed by atoms with Gasteiger partial charge in [0.15, 0.2) is 14.9 Å². The standard InChI is InChI=1S/C10H14ClNO3S/c11-9-4-5-10(12-8-9)16(14,15)7-3-1-2-6-13/h4-5,8,13H,1-3,6-7H2. The summed E-state index contributed by atoms with van der Waals surface area (Å²) in [5.41, 5.74) is 0. The lowest BCUT2D eigenvalue weighted by molar-refractivity contribution is 0.284. The fraction of sp³-hybridized carbons (Fsp3) is 0.500. The molecule has 0 bridgehead atoms. The molecule has 0 saturated carbocycles. The molecule has 90 valence electrons. The predicted molar refractivity (Wildman–Crippen MR) is 62.2 cm³/mol. The van der Waals surface area contributed by atoms with E-state index in [9.17, 15) is 8.42 Å². The lowest BCUT2D eigenvalue weighted by Crippen LogP contribution is -2.08. The van der Waals surface area contributed by atoms with Crippen molar-refractivity contribution in [2.24, 2.45) is 0 Å². The van der Waals surface area contributed by atoms with Crippen LogP contribution in [-0.4, -0.2) is 30.9 Å². The van der Waals surface area contributed by atoms with Gasteiger partial charge in [0, 0.05) is 12.8 Å². The number of aliphatic hydroxyl groups excluding tert-OH is 1. The smallest absolute Gasteiger partial charge is 0.195 e. The van der Waals surface area contributed by atoms with Crippen LogP contribution < -0.4 is 0 Å². The predicted octanol–water partition coefficient (Wildman–Crippen LogP) is 1.67. The van der Waals surface area contributed by atoms with Crippen LogP contribution in [-0.2, 0) is 9.84 Å². The van der Waals surface area contributed by atoms with Gasteiger partial charge in [-0.15, -0.1) is 0 Å². The second-order valence-corrected chi connectivity index (χ2v) is 5.91. The first-order chi connectivity index (χ1) is 7.56. The third kappa shape index (κ3) is 4.08. The number of nitrogens with zero attached hydrogens (tertiary/aromatic N) is 1. The maximum atomic E-state index is 11.7. The minimum absolute atomic E-state index is 0.0564. The second-order valence-electron chi connectivity index (χ2n) is 3.42. The fourth-order valence-electron chi connectivity index (χ4n) is 1.23. The summed E-state index contributed by atoms with van der Waals surface area (Å²) in [6.07, 6.45) is 3.18. The van der Waals surface area contributed by atoms with E-state index in [1.165, 1.54) is 18.3 Å². The second kappa shape index (κ2) is 6.18. The van der Waals surface area contributed by atoms with E-state index in [1.54, 1.807) is 0 Å². The molecule has 0 aliphatic heterocycles. The summed E-state index contributed by atoms with van der Waals surface area (Å²) >= 11 is 5.62. The molecule has 0 aromatic carbocycles. The number of rotatable bonds is 6. The first kappa shape index (κ1) is 13.4. The lowest BCUT2D eigenvalue weighted by Gasteiger charge is -2.03. The molecule has 0 aliphatic carbocycles. The Morgan fingerprint density at radius 3 is 2.56 bits per heavy atom. The van der Waals surface area contributed by atoms with E-state index in [-0.39, 0.29) is 17.4 Å². The molecule has 0 saturated heterocycles. The van der Waals surface area contributed by atoms with Gasteiger partial charge in [0.05, 0.1) is 10.8 Å². The molecular formula is C10H14ClNO3S. The number of pyridine rings is 1. The molecular weight excluding hydrogens is 250 g/mol. The maximum absolute atomic E-state index is 11.7. The highest BCUT2D eigenvalue weighted by Crippen LogP contribution is 2.13. The zero-order chi connectivity index (χ0) is 12.0. The van der Waals surface area contributed by atoms with Gasteiger partial charge in [0.2, 0.25) is 0 Å². The summed E-state index contributed by atoms with van der Waals surface area (Å²) in [6.45, 7) is 0.0965. The number of aliphatic hydroxyl groups is 1. The molecule has 1 N–H and O–H groups in total. The van der Waals surface area contributed by atoms with Gasteiger partial charge in [0.1, 0.15) is 0 Å². The Hall–Kier alpha value is -0.650. The highest BCUT2D eigenvalue weighted by Gasteiger charge is 2.14. The van der Waals surface area contributed by atoms with Crippen molar-refractivity contribution in [3.63, 3.8) is 0 Å². The number of sulfone groups is 1. The monoisotopic (exact) mass is 263 g/mol. The zero-order valence-corrected chi connectivity index (χ0v) is 10.3. The number of halogens is 1. The van der Waals surface area contributed by atoms with Crippen LogP contribution in [0.2, 0.25) is 5.02 Å². The van der Waals surface area contributed by atoms with Crippen molar-refractivity contribution in [1.82, 2.24) is 4.98 Å². The van der Waals surface area contributed by atoms with Gasteiger partial charge in [-0.1, -0.05) is 18.0 Å². The van der Waals surface area contributed by atoms with Crippen LogP contribution in [0.25, 0.3) is 0 Å². The Morgan fingerprint density at radius 1 is 1.25 bits per heavy atom. The SMILES string of the molecule is O=S(=O)(CCCCCO)c1ccc(Cl)cn1. The molecule has 4 nitrogen and oxygen atoms in total. The van der Waals surface area contributed by atoms with Gasteiger partial charge in [-0.05, 0) is 25.0 Å². The molecule has 0 spiro atoms. The number of aromatic nitrogens is 1. The minimum Gasteiger partial charge on any atom is -0.396 e. The van der Waals surface area contributed by atoms with Crippen molar-refractivity contribution in [3.8, 4) is 0 Å². The zero-order valence-electron chi connectivity index (χ0n) is 8.76. The highest BCUT2D eigenvalue weighted by molar-refractivity contribution is 7.91. The third-order valence-electron chi connectivity index (χ3n) is 2.09. The molecule has 6 heteroatoms. The Kier molecular flexibility index (Phi) is 5.18. The largest absolute Gasteiger partial charge is 0.396 e. The van der Waals surface area contributed by atoms with E-state index in [1.807, 2.05) is 0 Å². The van der Waals surface area contributed by atoms with Crippen molar-refractivity contribution in [3.05, 3.63) is 23.4 Å². The number of hydrogen-bond acceptors (Lipinski definition) is 4. The molecule has 0 fully saturated rings. The Balaban J connectivity index is 2.60. The van der Waals surface area contributed by atoms with E-state index in [0.29, 0.717) is 24.3 Å². The maximum Gasteiger partial charge on any atom is 0.195 e. The van der Waals surface area contributed by atoms with E-state index in [0.717, 1.165) is 0 Å². The molecule has 1 aromatic heterocycles. The van der Waals surface area contributed by atoms with Crippen molar-refractivity contribution >= 4 is 21.4 Å². The Labute approximate surface area is 100 Å². The van der Waals surface area contributed by atoms with Crippen molar-refractivity contribution < 1.29 is 13.5 Å². The third-order valence-corrected chi connectivity index (χ3v) is 4.02. The van der Waals surface area contributed by atoms with Gasteiger partial charge in [-0.3, -0.25) is 0 Å².